The van der Waals surface area contributed by atoms with Gasteiger partial charge in [0, 0.05) is 17.9 Å². The van der Waals surface area contributed by atoms with Crippen molar-refractivity contribution in [1.82, 2.24) is 9.97 Å². The summed E-state index contributed by atoms with van der Waals surface area (Å²) in [5.41, 5.74) is 1.10. The van der Waals surface area contributed by atoms with Crippen molar-refractivity contribution in [2.24, 2.45) is 0 Å². The zero-order chi connectivity index (χ0) is 14.9. The van der Waals surface area contributed by atoms with Gasteiger partial charge in [-0.3, -0.25) is 0 Å². The third-order valence-electron chi connectivity index (χ3n) is 2.79. The second-order valence-electron chi connectivity index (χ2n) is 5.70. The summed E-state index contributed by atoms with van der Waals surface area (Å²) in [6.45, 7) is 6.03. The topological polar surface area (TPSA) is 25.8 Å². The lowest BCUT2D eigenvalue weighted by Crippen LogP contribution is -2.15. The zero-order valence-electron chi connectivity index (χ0n) is 11.5. The summed E-state index contributed by atoms with van der Waals surface area (Å²) in [6, 6.07) is 5.08. The van der Waals surface area contributed by atoms with E-state index in [1.165, 1.54) is 12.1 Å². The molecule has 1 aromatic heterocycles. The van der Waals surface area contributed by atoms with Crippen LogP contribution in [0.2, 0.25) is 5.15 Å². The predicted octanol–water partition coefficient (Wildman–Crippen LogP) is 4.30. The highest BCUT2D eigenvalue weighted by molar-refractivity contribution is 6.29. The first kappa shape index (κ1) is 14.9. The summed E-state index contributed by atoms with van der Waals surface area (Å²) in [4.78, 5) is 8.53. The number of nitrogens with zero attached hydrogens (tertiary/aromatic N) is 2. The van der Waals surface area contributed by atoms with Crippen molar-refractivity contribution in [2.45, 2.75) is 32.6 Å². The Bertz CT molecular complexity index is 616. The van der Waals surface area contributed by atoms with Crippen LogP contribution in [0.1, 0.15) is 37.9 Å². The number of rotatable bonds is 2. The van der Waals surface area contributed by atoms with E-state index in [1.807, 2.05) is 20.8 Å². The molecule has 0 saturated carbocycles. The van der Waals surface area contributed by atoms with Gasteiger partial charge in [-0.1, -0.05) is 32.4 Å². The van der Waals surface area contributed by atoms with Gasteiger partial charge in [-0.15, -0.1) is 0 Å². The maximum atomic E-state index is 13.2. The van der Waals surface area contributed by atoms with E-state index in [4.69, 9.17) is 11.6 Å². The Morgan fingerprint density at radius 1 is 1.00 bits per heavy atom. The van der Waals surface area contributed by atoms with E-state index in [1.54, 1.807) is 6.07 Å². The van der Waals surface area contributed by atoms with Crippen LogP contribution in [-0.2, 0) is 11.8 Å². The molecular formula is C15H15ClF2N2. The standard InChI is InChI=1S/C15H15ClF2N2/c1-15(2,3)12-8-13(16)20-14(19-12)6-9-4-10(17)7-11(18)5-9/h4-5,7-8H,6H2,1-3H3. The summed E-state index contributed by atoms with van der Waals surface area (Å²) in [7, 11) is 0. The van der Waals surface area contributed by atoms with E-state index < -0.39 is 11.6 Å². The fourth-order valence-electron chi connectivity index (χ4n) is 1.82. The molecule has 2 rings (SSSR count). The lowest BCUT2D eigenvalue weighted by Gasteiger charge is -2.18. The number of benzene rings is 1. The molecule has 0 amide bonds. The Labute approximate surface area is 121 Å². The molecule has 20 heavy (non-hydrogen) atoms. The van der Waals surface area contributed by atoms with Gasteiger partial charge in [-0.2, -0.15) is 0 Å². The molecule has 0 spiro atoms. The van der Waals surface area contributed by atoms with Gasteiger partial charge in [0.1, 0.15) is 22.6 Å². The molecule has 0 saturated heterocycles. The fourth-order valence-corrected chi connectivity index (χ4v) is 2.02. The van der Waals surface area contributed by atoms with Crippen molar-refractivity contribution >= 4 is 11.6 Å². The van der Waals surface area contributed by atoms with Crippen LogP contribution in [-0.4, -0.2) is 9.97 Å². The summed E-state index contributed by atoms with van der Waals surface area (Å²) < 4.78 is 26.3. The minimum atomic E-state index is -0.613. The predicted molar refractivity (Wildman–Crippen MR) is 74.9 cm³/mol. The SMILES string of the molecule is CC(C)(C)c1cc(Cl)nc(Cc2cc(F)cc(F)c2)n1. The van der Waals surface area contributed by atoms with Crippen molar-refractivity contribution in [2.75, 3.05) is 0 Å². The molecule has 0 unspecified atom stereocenters. The molecule has 0 atom stereocenters. The minimum Gasteiger partial charge on any atom is -0.237 e. The van der Waals surface area contributed by atoms with Crippen LogP contribution in [0.15, 0.2) is 24.3 Å². The van der Waals surface area contributed by atoms with E-state index in [0.717, 1.165) is 11.8 Å². The van der Waals surface area contributed by atoms with E-state index >= 15 is 0 Å². The van der Waals surface area contributed by atoms with E-state index in [2.05, 4.69) is 9.97 Å². The Morgan fingerprint density at radius 3 is 2.15 bits per heavy atom. The quantitative estimate of drug-likeness (QED) is 0.772. The van der Waals surface area contributed by atoms with Crippen LogP contribution < -0.4 is 0 Å². The summed E-state index contributed by atoms with van der Waals surface area (Å²) >= 11 is 5.99. The van der Waals surface area contributed by atoms with Gasteiger partial charge in [0.15, 0.2) is 0 Å². The van der Waals surface area contributed by atoms with Crippen LogP contribution in [0.4, 0.5) is 8.78 Å². The molecule has 2 aromatic rings. The number of aromatic nitrogens is 2. The molecule has 0 aliphatic rings. The first-order valence-corrected chi connectivity index (χ1v) is 6.61. The molecule has 106 valence electrons. The van der Waals surface area contributed by atoms with Crippen LogP contribution in [0.25, 0.3) is 0 Å². The van der Waals surface area contributed by atoms with Gasteiger partial charge in [0.05, 0.1) is 5.69 Å². The van der Waals surface area contributed by atoms with E-state index in [9.17, 15) is 8.78 Å². The summed E-state index contributed by atoms with van der Waals surface area (Å²) in [6.07, 6.45) is 0.234. The molecule has 1 heterocycles. The van der Waals surface area contributed by atoms with Gasteiger partial charge in [0.25, 0.3) is 0 Å². The molecule has 5 heteroatoms. The van der Waals surface area contributed by atoms with Crippen molar-refractivity contribution in [1.29, 1.82) is 0 Å². The lowest BCUT2D eigenvalue weighted by molar-refractivity contribution is 0.562. The highest BCUT2D eigenvalue weighted by Crippen LogP contribution is 2.23. The smallest absolute Gasteiger partial charge is 0.134 e. The molecule has 1 aromatic carbocycles. The number of hydrogen-bond acceptors (Lipinski definition) is 2. The maximum Gasteiger partial charge on any atom is 0.134 e. The average Bonchev–Trinajstić information content (AvgIpc) is 2.25. The maximum absolute atomic E-state index is 13.2. The second kappa shape index (κ2) is 5.44. The fraction of sp³-hybridized carbons (Fsp3) is 0.333. The largest absolute Gasteiger partial charge is 0.237 e. The van der Waals surface area contributed by atoms with Gasteiger partial charge in [0.2, 0.25) is 0 Å². The molecule has 0 bridgehead atoms. The number of hydrogen-bond donors (Lipinski definition) is 0. The van der Waals surface area contributed by atoms with Crippen molar-refractivity contribution in [3.8, 4) is 0 Å². The van der Waals surface area contributed by atoms with Crippen molar-refractivity contribution in [3.63, 3.8) is 0 Å². The van der Waals surface area contributed by atoms with E-state index in [-0.39, 0.29) is 11.8 Å². The highest BCUT2D eigenvalue weighted by atomic mass is 35.5. The van der Waals surface area contributed by atoms with Crippen molar-refractivity contribution in [3.05, 3.63) is 58.1 Å². The summed E-state index contributed by atoms with van der Waals surface area (Å²) in [5.74, 6) is -0.774. The Balaban J connectivity index is 2.36. The monoisotopic (exact) mass is 296 g/mol. The molecular weight excluding hydrogens is 282 g/mol. The Morgan fingerprint density at radius 2 is 1.60 bits per heavy atom. The zero-order valence-corrected chi connectivity index (χ0v) is 12.3. The van der Waals surface area contributed by atoms with Crippen LogP contribution in [0, 0.1) is 11.6 Å². The third-order valence-corrected chi connectivity index (χ3v) is 2.99. The van der Waals surface area contributed by atoms with Crippen LogP contribution in [0.5, 0.6) is 0 Å². The first-order chi connectivity index (χ1) is 9.24. The minimum absolute atomic E-state index is 0.172. The Kier molecular flexibility index (Phi) is 4.04. The van der Waals surface area contributed by atoms with E-state index in [0.29, 0.717) is 16.5 Å². The molecule has 0 aliphatic heterocycles. The van der Waals surface area contributed by atoms with Gasteiger partial charge < -0.3 is 0 Å². The molecule has 0 N–H and O–H groups in total. The number of halogens is 3. The van der Waals surface area contributed by atoms with Gasteiger partial charge >= 0.3 is 0 Å². The summed E-state index contributed by atoms with van der Waals surface area (Å²) in [5, 5.41) is 0.330. The first-order valence-electron chi connectivity index (χ1n) is 6.23. The normalized spacial score (nSPS) is 11.7. The van der Waals surface area contributed by atoms with Gasteiger partial charge in [-0.25, -0.2) is 18.7 Å². The van der Waals surface area contributed by atoms with Crippen LogP contribution in [0.3, 0.4) is 0 Å². The highest BCUT2D eigenvalue weighted by Gasteiger charge is 2.17. The van der Waals surface area contributed by atoms with Crippen molar-refractivity contribution < 1.29 is 8.78 Å². The average molecular weight is 297 g/mol. The molecule has 0 radical (unpaired) electrons. The molecule has 0 aliphatic carbocycles. The second-order valence-corrected chi connectivity index (χ2v) is 6.08. The Hall–Kier alpha value is -1.55. The molecule has 0 fully saturated rings. The third kappa shape index (κ3) is 3.73. The lowest BCUT2D eigenvalue weighted by atomic mass is 9.92. The van der Waals surface area contributed by atoms with Gasteiger partial charge in [-0.05, 0) is 23.8 Å². The van der Waals surface area contributed by atoms with Crippen LogP contribution >= 0.6 is 11.6 Å². The molecule has 2 nitrogen and oxygen atoms in total.